The summed E-state index contributed by atoms with van der Waals surface area (Å²) in [6.07, 6.45) is -0.910. The Balaban J connectivity index is 1.69. The van der Waals surface area contributed by atoms with Gasteiger partial charge in [0.1, 0.15) is 13.2 Å². The standard InChI is InChI=1S/C18H15ClO5/c1-11(17(20)12-2-5-14(19)6-3-12)24-18(21)13-4-7-15-16(10-13)23-9-8-22-15/h2-7,10-11H,8-9H2,1H3/t11-/m1/s1. The van der Waals surface area contributed by atoms with Crippen molar-refractivity contribution in [3.05, 3.63) is 58.6 Å². The molecule has 0 spiro atoms. The van der Waals surface area contributed by atoms with Gasteiger partial charge in [0, 0.05) is 10.6 Å². The zero-order chi connectivity index (χ0) is 17.1. The lowest BCUT2D eigenvalue weighted by Gasteiger charge is -2.19. The Hall–Kier alpha value is -2.53. The number of hydrogen-bond donors (Lipinski definition) is 0. The number of carbonyl (C=O) groups excluding carboxylic acids is 2. The van der Waals surface area contributed by atoms with E-state index in [-0.39, 0.29) is 5.78 Å². The summed E-state index contributed by atoms with van der Waals surface area (Å²) in [5.74, 6) is 0.190. The second-order valence-corrected chi connectivity index (χ2v) is 5.71. The van der Waals surface area contributed by atoms with Crippen LogP contribution >= 0.6 is 11.6 Å². The summed E-state index contributed by atoms with van der Waals surface area (Å²) in [7, 11) is 0. The lowest BCUT2D eigenvalue weighted by molar-refractivity contribution is 0.0318. The van der Waals surface area contributed by atoms with Crippen molar-refractivity contribution in [1.29, 1.82) is 0 Å². The zero-order valence-electron chi connectivity index (χ0n) is 13.0. The number of ether oxygens (including phenoxy) is 3. The number of halogens is 1. The molecule has 1 heterocycles. The van der Waals surface area contributed by atoms with E-state index in [1.807, 2.05) is 0 Å². The number of benzene rings is 2. The van der Waals surface area contributed by atoms with Gasteiger partial charge >= 0.3 is 5.97 Å². The number of esters is 1. The van der Waals surface area contributed by atoms with Gasteiger partial charge in [-0.25, -0.2) is 4.79 Å². The highest BCUT2D eigenvalue weighted by Gasteiger charge is 2.22. The van der Waals surface area contributed by atoms with E-state index in [0.717, 1.165) is 0 Å². The molecule has 3 rings (SSSR count). The predicted octanol–water partition coefficient (Wildman–Crippen LogP) is 3.54. The molecule has 5 nitrogen and oxygen atoms in total. The van der Waals surface area contributed by atoms with Crippen LogP contribution in [0.3, 0.4) is 0 Å². The Morgan fingerprint density at radius 1 is 1.00 bits per heavy atom. The molecule has 0 bridgehead atoms. The van der Waals surface area contributed by atoms with Crippen molar-refractivity contribution in [2.75, 3.05) is 13.2 Å². The van der Waals surface area contributed by atoms with Gasteiger partial charge in [0.2, 0.25) is 5.78 Å². The number of Topliss-reactive ketones (excluding diaryl/α,β-unsaturated/α-hetero) is 1. The van der Waals surface area contributed by atoms with Crippen LogP contribution in [0.2, 0.25) is 5.02 Å². The van der Waals surface area contributed by atoms with Gasteiger partial charge in [-0.3, -0.25) is 4.79 Å². The van der Waals surface area contributed by atoms with Crippen LogP contribution in [0.25, 0.3) is 0 Å². The van der Waals surface area contributed by atoms with Crippen LogP contribution in [0.5, 0.6) is 11.5 Å². The van der Waals surface area contributed by atoms with Crippen molar-refractivity contribution in [2.24, 2.45) is 0 Å². The first kappa shape index (κ1) is 16.3. The van der Waals surface area contributed by atoms with E-state index in [2.05, 4.69) is 0 Å². The quantitative estimate of drug-likeness (QED) is 0.626. The van der Waals surface area contributed by atoms with Crippen molar-refractivity contribution in [3.63, 3.8) is 0 Å². The smallest absolute Gasteiger partial charge is 0.338 e. The third-order valence-corrected chi connectivity index (χ3v) is 3.81. The Labute approximate surface area is 144 Å². The number of ketones is 1. The van der Waals surface area contributed by atoms with E-state index in [1.165, 1.54) is 6.92 Å². The van der Waals surface area contributed by atoms with Crippen LogP contribution in [-0.4, -0.2) is 31.1 Å². The van der Waals surface area contributed by atoms with Gasteiger partial charge in [-0.1, -0.05) is 11.6 Å². The fourth-order valence-electron chi connectivity index (χ4n) is 2.30. The summed E-state index contributed by atoms with van der Waals surface area (Å²) in [5.41, 5.74) is 0.733. The average molecular weight is 347 g/mol. The van der Waals surface area contributed by atoms with Crippen molar-refractivity contribution in [1.82, 2.24) is 0 Å². The van der Waals surface area contributed by atoms with Gasteiger partial charge in [0.25, 0.3) is 0 Å². The highest BCUT2D eigenvalue weighted by Crippen LogP contribution is 2.31. The number of fused-ring (bicyclic) bond motifs is 1. The fourth-order valence-corrected chi connectivity index (χ4v) is 2.43. The molecule has 1 aliphatic rings. The highest BCUT2D eigenvalue weighted by molar-refractivity contribution is 6.30. The minimum absolute atomic E-state index is 0.294. The second-order valence-electron chi connectivity index (χ2n) is 5.28. The molecular weight excluding hydrogens is 332 g/mol. The first-order valence-corrected chi connectivity index (χ1v) is 7.83. The molecule has 24 heavy (non-hydrogen) atoms. The molecule has 0 aromatic heterocycles. The third-order valence-electron chi connectivity index (χ3n) is 3.56. The van der Waals surface area contributed by atoms with Crippen LogP contribution in [0.4, 0.5) is 0 Å². The summed E-state index contributed by atoms with van der Waals surface area (Å²) in [5, 5.41) is 0.535. The molecule has 1 atom stereocenters. The second kappa shape index (κ2) is 6.93. The van der Waals surface area contributed by atoms with E-state index in [0.29, 0.717) is 40.9 Å². The predicted molar refractivity (Wildman–Crippen MR) is 88.1 cm³/mol. The van der Waals surface area contributed by atoms with E-state index in [1.54, 1.807) is 42.5 Å². The molecular formula is C18H15ClO5. The molecule has 0 amide bonds. The zero-order valence-corrected chi connectivity index (χ0v) is 13.7. The van der Waals surface area contributed by atoms with Crippen LogP contribution in [0.15, 0.2) is 42.5 Å². The topological polar surface area (TPSA) is 61.8 Å². The maximum Gasteiger partial charge on any atom is 0.338 e. The normalized spacial score (nSPS) is 13.9. The molecule has 0 saturated heterocycles. The summed E-state index contributed by atoms with van der Waals surface area (Å²) in [4.78, 5) is 24.5. The third kappa shape index (κ3) is 3.51. The molecule has 0 saturated carbocycles. The van der Waals surface area contributed by atoms with Crippen LogP contribution in [0, 0.1) is 0 Å². The number of hydrogen-bond acceptors (Lipinski definition) is 5. The highest BCUT2D eigenvalue weighted by atomic mass is 35.5. The molecule has 124 valence electrons. The lowest BCUT2D eigenvalue weighted by Crippen LogP contribution is -2.24. The maximum atomic E-state index is 12.3. The molecule has 6 heteroatoms. The van der Waals surface area contributed by atoms with E-state index in [4.69, 9.17) is 25.8 Å². The molecule has 0 unspecified atom stereocenters. The van der Waals surface area contributed by atoms with E-state index >= 15 is 0 Å². The van der Waals surface area contributed by atoms with E-state index < -0.39 is 12.1 Å². The van der Waals surface area contributed by atoms with Gasteiger partial charge in [-0.2, -0.15) is 0 Å². The Morgan fingerprint density at radius 3 is 2.33 bits per heavy atom. The van der Waals surface area contributed by atoms with Crippen molar-refractivity contribution in [2.45, 2.75) is 13.0 Å². The lowest BCUT2D eigenvalue weighted by atomic mass is 10.1. The Bertz CT molecular complexity index is 769. The average Bonchev–Trinajstić information content (AvgIpc) is 2.61. The molecule has 2 aromatic carbocycles. The molecule has 0 fully saturated rings. The Kier molecular flexibility index (Phi) is 4.71. The minimum Gasteiger partial charge on any atom is -0.486 e. The molecule has 0 N–H and O–H groups in total. The summed E-state index contributed by atoms with van der Waals surface area (Å²) >= 11 is 5.80. The van der Waals surface area contributed by atoms with E-state index in [9.17, 15) is 9.59 Å². The molecule has 2 aromatic rings. The molecule has 0 aliphatic carbocycles. The summed E-state index contributed by atoms with van der Waals surface area (Å²) in [6, 6.07) is 11.2. The maximum absolute atomic E-state index is 12.3. The monoisotopic (exact) mass is 346 g/mol. The minimum atomic E-state index is -0.910. The molecule has 1 aliphatic heterocycles. The fraction of sp³-hybridized carbons (Fsp3) is 0.222. The Morgan fingerprint density at radius 2 is 1.62 bits per heavy atom. The SMILES string of the molecule is C[C@@H](OC(=O)c1ccc2c(c1)OCCO2)C(=O)c1ccc(Cl)cc1. The molecule has 0 radical (unpaired) electrons. The summed E-state index contributed by atoms with van der Waals surface area (Å²) < 4.78 is 16.1. The van der Waals surface area contributed by atoms with Crippen LogP contribution in [0.1, 0.15) is 27.6 Å². The first-order chi connectivity index (χ1) is 11.5. The van der Waals surface area contributed by atoms with Gasteiger partial charge < -0.3 is 14.2 Å². The first-order valence-electron chi connectivity index (χ1n) is 7.45. The summed E-state index contributed by atoms with van der Waals surface area (Å²) in [6.45, 7) is 2.44. The van der Waals surface area contributed by atoms with Crippen LogP contribution < -0.4 is 9.47 Å². The van der Waals surface area contributed by atoms with Gasteiger partial charge in [-0.05, 0) is 49.4 Å². The largest absolute Gasteiger partial charge is 0.486 e. The number of carbonyl (C=O) groups is 2. The van der Waals surface area contributed by atoms with Gasteiger partial charge in [0.05, 0.1) is 5.56 Å². The van der Waals surface area contributed by atoms with Crippen molar-refractivity contribution in [3.8, 4) is 11.5 Å². The van der Waals surface area contributed by atoms with Crippen molar-refractivity contribution < 1.29 is 23.8 Å². The van der Waals surface area contributed by atoms with Gasteiger partial charge in [-0.15, -0.1) is 0 Å². The van der Waals surface area contributed by atoms with Crippen LogP contribution in [-0.2, 0) is 4.74 Å². The van der Waals surface area contributed by atoms with Gasteiger partial charge in [0.15, 0.2) is 17.6 Å². The van der Waals surface area contributed by atoms with Crippen molar-refractivity contribution >= 4 is 23.4 Å². The number of rotatable bonds is 4.